The van der Waals surface area contributed by atoms with Gasteiger partial charge in [-0.1, -0.05) is 66.7 Å². The van der Waals surface area contributed by atoms with Crippen molar-refractivity contribution in [3.63, 3.8) is 0 Å². The molecule has 0 atom stereocenters. The van der Waals surface area contributed by atoms with E-state index in [1.807, 2.05) is 49.4 Å². The second-order valence-electron chi connectivity index (χ2n) is 5.75. The maximum Gasteiger partial charge on any atom is 0.195 e. The summed E-state index contributed by atoms with van der Waals surface area (Å²) >= 11 is 0. The molecule has 2 heteroatoms. The number of fused-ring (bicyclic) bond motifs is 2. The van der Waals surface area contributed by atoms with Gasteiger partial charge < -0.3 is 0 Å². The minimum Gasteiger partial charge on any atom is -0.289 e. The van der Waals surface area contributed by atoms with Crippen LogP contribution in [0.25, 0.3) is 11.1 Å². The van der Waals surface area contributed by atoms with Gasteiger partial charge in [-0.2, -0.15) is 0 Å². The van der Waals surface area contributed by atoms with Gasteiger partial charge in [-0.3, -0.25) is 9.59 Å². The van der Waals surface area contributed by atoms with E-state index in [2.05, 4.69) is 0 Å². The van der Waals surface area contributed by atoms with E-state index in [1.165, 1.54) is 0 Å². The van der Waals surface area contributed by atoms with E-state index in [-0.39, 0.29) is 11.6 Å². The Morgan fingerprint density at radius 2 is 1.13 bits per heavy atom. The zero-order valence-electron chi connectivity index (χ0n) is 12.7. The summed E-state index contributed by atoms with van der Waals surface area (Å²) in [6, 6.07) is 20.6. The average molecular weight is 298 g/mol. The van der Waals surface area contributed by atoms with Crippen LogP contribution in [0, 0.1) is 6.92 Å². The number of rotatable bonds is 1. The summed E-state index contributed by atoms with van der Waals surface area (Å²) in [4.78, 5) is 26.0. The van der Waals surface area contributed by atoms with Crippen molar-refractivity contribution < 1.29 is 9.59 Å². The van der Waals surface area contributed by atoms with Crippen LogP contribution < -0.4 is 0 Å². The van der Waals surface area contributed by atoms with Gasteiger partial charge in [0.2, 0.25) is 0 Å². The Hall–Kier alpha value is -3.00. The van der Waals surface area contributed by atoms with Crippen LogP contribution in [0.5, 0.6) is 0 Å². The Balaban J connectivity index is 2.06. The van der Waals surface area contributed by atoms with Gasteiger partial charge in [0.15, 0.2) is 11.6 Å². The summed E-state index contributed by atoms with van der Waals surface area (Å²) in [5.74, 6) is -0.136. The Bertz CT molecular complexity index is 953. The van der Waals surface area contributed by atoms with E-state index in [0.717, 1.165) is 16.7 Å². The zero-order chi connectivity index (χ0) is 16.0. The van der Waals surface area contributed by atoms with Crippen molar-refractivity contribution in [2.75, 3.05) is 0 Å². The molecule has 0 saturated carbocycles. The molecule has 0 fully saturated rings. The lowest BCUT2D eigenvalue weighted by atomic mass is 9.78. The van der Waals surface area contributed by atoms with Crippen LogP contribution in [0.2, 0.25) is 0 Å². The number of hydrogen-bond acceptors (Lipinski definition) is 2. The minimum atomic E-state index is -0.0715. The van der Waals surface area contributed by atoms with E-state index in [1.54, 1.807) is 24.3 Å². The third kappa shape index (κ3) is 1.95. The quantitative estimate of drug-likeness (QED) is 0.520. The van der Waals surface area contributed by atoms with Crippen molar-refractivity contribution in [3.8, 4) is 11.1 Å². The smallest absolute Gasteiger partial charge is 0.195 e. The van der Waals surface area contributed by atoms with E-state index >= 15 is 0 Å². The number of ketones is 2. The van der Waals surface area contributed by atoms with Crippen LogP contribution in [0.3, 0.4) is 0 Å². The maximum absolute atomic E-state index is 13.0. The van der Waals surface area contributed by atoms with E-state index in [4.69, 9.17) is 0 Å². The molecule has 4 rings (SSSR count). The van der Waals surface area contributed by atoms with Crippen molar-refractivity contribution in [1.29, 1.82) is 0 Å². The fourth-order valence-electron chi connectivity index (χ4n) is 3.24. The van der Waals surface area contributed by atoms with Crippen LogP contribution >= 0.6 is 0 Å². The summed E-state index contributed by atoms with van der Waals surface area (Å²) < 4.78 is 0. The summed E-state index contributed by atoms with van der Waals surface area (Å²) in [6.07, 6.45) is 0. The topological polar surface area (TPSA) is 34.1 Å². The molecular weight excluding hydrogens is 284 g/mol. The molecule has 0 aliphatic heterocycles. The normalized spacial score (nSPS) is 12.7. The molecule has 0 aromatic heterocycles. The maximum atomic E-state index is 13.0. The fourth-order valence-corrected chi connectivity index (χ4v) is 3.24. The SMILES string of the molecule is Cc1ccc(-c2ccccc2)c2c1C(=O)c1ccccc1C2=O. The average Bonchev–Trinajstić information content (AvgIpc) is 2.60. The molecule has 0 spiro atoms. The van der Waals surface area contributed by atoms with Gasteiger partial charge in [-0.15, -0.1) is 0 Å². The molecule has 3 aromatic rings. The first-order valence-corrected chi connectivity index (χ1v) is 7.56. The first-order valence-electron chi connectivity index (χ1n) is 7.56. The molecule has 0 radical (unpaired) electrons. The first kappa shape index (κ1) is 13.6. The Kier molecular flexibility index (Phi) is 2.98. The molecule has 0 bridgehead atoms. The lowest BCUT2D eigenvalue weighted by molar-refractivity contribution is 0.0979. The third-order valence-corrected chi connectivity index (χ3v) is 4.37. The highest BCUT2D eigenvalue weighted by Gasteiger charge is 2.32. The Morgan fingerprint density at radius 3 is 1.78 bits per heavy atom. The fraction of sp³-hybridized carbons (Fsp3) is 0.0476. The highest BCUT2D eigenvalue weighted by molar-refractivity contribution is 6.30. The van der Waals surface area contributed by atoms with Crippen molar-refractivity contribution in [1.82, 2.24) is 0 Å². The van der Waals surface area contributed by atoms with Gasteiger partial charge in [0.05, 0.1) is 0 Å². The molecule has 23 heavy (non-hydrogen) atoms. The third-order valence-electron chi connectivity index (χ3n) is 4.37. The molecule has 0 unspecified atom stereocenters. The summed E-state index contributed by atoms with van der Waals surface area (Å²) in [5.41, 5.74) is 4.66. The molecule has 110 valence electrons. The van der Waals surface area contributed by atoms with Crippen LogP contribution in [-0.4, -0.2) is 11.6 Å². The van der Waals surface area contributed by atoms with Crippen LogP contribution in [0.1, 0.15) is 37.4 Å². The predicted octanol–water partition coefficient (Wildman–Crippen LogP) is 4.44. The molecule has 1 aliphatic rings. The minimum absolute atomic E-state index is 0.0644. The van der Waals surface area contributed by atoms with Crippen molar-refractivity contribution in [2.24, 2.45) is 0 Å². The van der Waals surface area contributed by atoms with Crippen LogP contribution in [0.15, 0.2) is 66.7 Å². The lowest BCUT2D eigenvalue weighted by Gasteiger charge is -2.22. The monoisotopic (exact) mass is 298 g/mol. The number of benzene rings is 3. The van der Waals surface area contributed by atoms with Gasteiger partial charge in [-0.05, 0) is 23.6 Å². The van der Waals surface area contributed by atoms with Crippen LogP contribution in [0.4, 0.5) is 0 Å². The highest BCUT2D eigenvalue weighted by atomic mass is 16.1. The molecular formula is C21H14O2. The number of hydrogen-bond donors (Lipinski definition) is 0. The van der Waals surface area contributed by atoms with Crippen molar-refractivity contribution >= 4 is 11.6 Å². The lowest BCUT2D eigenvalue weighted by Crippen LogP contribution is -2.22. The Morgan fingerprint density at radius 1 is 0.565 bits per heavy atom. The first-order chi connectivity index (χ1) is 11.2. The van der Waals surface area contributed by atoms with Gasteiger partial charge in [0.1, 0.15) is 0 Å². The summed E-state index contributed by atoms with van der Waals surface area (Å²) in [6.45, 7) is 1.88. The second kappa shape index (κ2) is 5.03. The number of carbonyl (C=O) groups is 2. The van der Waals surface area contributed by atoms with E-state index < -0.39 is 0 Å². The van der Waals surface area contributed by atoms with Crippen molar-refractivity contribution in [2.45, 2.75) is 6.92 Å². The number of carbonyl (C=O) groups excluding carboxylic acids is 2. The van der Waals surface area contributed by atoms with Gasteiger partial charge in [0, 0.05) is 22.3 Å². The number of aryl methyl sites for hydroxylation is 1. The summed E-state index contributed by atoms with van der Waals surface area (Å²) in [7, 11) is 0. The van der Waals surface area contributed by atoms with Gasteiger partial charge in [-0.25, -0.2) is 0 Å². The standard InChI is InChI=1S/C21H14O2/c1-13-11-12-15(14-7-3-2-4-8-14)19-18(13)20(22)16-9-5-6-10-17(16)21(19)23/h2-12H,1H3. The summed E-state index contributed by atoms with van der Waals surface area (Å²) in [5, 5.41) is 0. The predicted molar refractivity (Wildman–Crippen MR) is 89.9 cm³/mol. The van der Waals surface area contributed by atoms with Gasteiger partial charge >= 0.3 is 0 Å². The molecule has 0 N–H and O–H groups in total. The molecule has 2 nitrogen and oxygen atoms in total. The van der Waals surface area contributed by atoms with E-state index in [9.17, 15) is 9.59 Å². The largest absolute Gasteiger partial charge is 0.289 e. The molecule has 0 saturated heterocycles. The zero-order valence-corrected chi connectivity index (χ0v) is 12.7. The molecule has 0 amide bonds. The van der Waals surface area contributed by atoms with Crippen LogP contribution in [-0.2, 0) is 0 Å². The van der Waals surface area contributed by atoms with Gasteiger partial charge in [0.25, 0.3) is 0 Å². The van der Waals surface area contributed by atoms with E-state index in [0.29, 0.717) is 22.3 Å². The molecule has 0 heterocycles. The second-order valence-corrected chi connectivity index (χ2v) is 5.75. The molecule has 3 aromatic carbocycles. The highest BCUT2D eigenvalue weighted by Crippen LogP contribution is 2.35. The Labute approximate surface area is 134 Å². The van der Waals surface area contributed by atoms with Crippen molar-refractivity contribution in [3.05, 3.63) is 94.5 Å². The molecule has 1 aliphatic carbocycles.